The molecule has 2 N–H and O–H groups in total. The Morgan fingerprint density at radius 1 is 1.00 bits per heavy atom. The fourth-order valence-corrected chi connectivity index (χ4v) is 3.06. The number of anilines is 1. The van der Waals surface area contributed by atoms with E-state index < -0.39 is 0 Å². The number of hydrogen-bond acceptors (Lipinski definition) is 6. The molecule has 0 aromatic heterocycles. The van der Waals surface area contributed by atoms with Crippen molar-refractivity contribution in [3.05, 3.63) is 47.0 Å². The second kappa shape index (κ2) is 10.4. The molecule has 0 aliphatic heterocycles. The molecule has 2 rings (SSSR count). The van der Waals surface area contributed by atoms with Crippen LogP contribution in [0.15, 0.2) is 35.9 Å². The third-order valence-corrected chi connectivity index (χ3v) is 4.42. The fourth-order valence-electron chi connectivity index (χ4n) is 3.06. The number of ketones is 1. The van der Waals surface area contributed by atoms with Crippen molar-refractivity contribution in [1.82, 2.24) is 0 Å². The number of methoxy groups -OCH3 is 3. The van der Waals surface area contributed by atoms with E-state index in [0.717, 1.165) is 12.0 Å². The minimum Gasteiger partial charge on any atom is -0.497 e. The van der Waals surface area contributed by atoms with E-state index in [0.29, 0.717) is 52.8 Å². The number of allylic oxidation sites excluding steroid dienone is 1. The molecule has 0 heterocycles. The summed E-state index contributed by atoms with van der Waals surface area (Å²) in [6.45, 7) is 4.47. The van der Waals surface area contributed by atoms with Crippen LogP contribution in [0, 0.1) is 0 Å². The van der Waals surface area contributed by atoms with Crippen molar-refractivity contribution in [1.29, 1.82) is 0 Å². The molecule has 2 aromatic carbocycles. The van der Waals surface area contributed by atoms with Crippen LogP contribution >= 0.6 is 0 Å². The largest absolute Gasteiger partial charge is 0.497 e. The van der Waals surface area contributed by atoms with Crippen molar-refractivity contribution in [2.45, 2.75) is 26.7 Å². The number of Topliss-reactive ketones (excluding diaryl/α,β-unsaturated/α-hetero) is 1. The van der Waals surface area contributed by atoms with Crippen molar-refractivity contribution < 1.29 is 23.7 Å². The first-order valence-electron chi connectivity index (χ1n) is 9.56. The van der Waals surface area contributed by atoms with E-state index in [2.05, 4.69) is 0 Å². The molecule has 0 spiro atoms. The van der Waals surface area contributed by atoms with Gasteiger partial charge < -0.3 is 24.7 Å². The summed E-state index contributed by atoms with van der Waals surface area (Å²) in [4.78, 5) is 13.4. The second-order valence-corrected chi connectivity index (χ2v) is 6.39. The van der Waals surface area contributed by atoms with Crippen LogP contribution < -0.4 is 24.7 Å². The number of rotatable bonds is 10. The van der Waals surface area contributed by atoms with Crippen LogP contribution in [-0.4, -0.2) is 33.7 Å². The van der Waals surface area contributed by atoms with Gasteiger partial charge in [0, 0.05) is 11.6 Å². The van der Waals surface area contributed by atoms with Crippen molar-refractivity contribution in [3.63, 3.8) is 0 Å². The highest BCUT2D eigenvalue weighted by Crippen LogP contribution is 2.37. The van der Waals surface area contributed by atoms with E-state index >= 15 is 0 Å². The van der Waals surface area contributed by atoms with Gasteiger partial charge >= 0.3 is 0 Å². The van der Waals surface area contributed by atoms with Crippen LogP contribution in [0.3, 0.4) is 0 Å². The fraction of sp³-hybridized carbons (Fsp3) is 0.348. The first-order chi connectivity index (χ1) is 14.0. The molecule has 6 heteroatoms. The van der Waals surface area contributed by atoms with Crippen LogP contribution in [-0.2, 0) is 0 Å². The Morgan fingerprint density at radius 2 is 1.76 bits per heavy atom. The molecule has 2 aromatic rings. The maximum atomic E-state index is 13.4. The third-order valence-electron chi connectivity index (χ3n) is 4.42. The smallest absolute Gasteiger partial charge is 0.193 e. The summed E-state index contributed by atoms with van der Waals surface area (Å²) in [5.74, 6) is 1.83. The Bertz CT molecular complexity index is 889. The van der Waals surface area contributed by atoms with Crippen LogP contribution in [0.4, 0.5) is 5.69 Å². The molecule has 0 aliphatic rings. The normalized spacial score (nSPS) is 11.1. The minimum atomic E-state index is -0.145. The van der Waals surface area contributed by atoms with E-state index in [1.807, 2.05) is 32.1 Å². The molecular weight excluding hydrogens is 370 g/mol. The number of nitrogens with two attached hydrogens (primary N) is 1. The molecule has 0 saturated carbocycles. The maximum absolute atomic E-state index is 13.4. The second-order valence-electron chi connectivity index (χ2n) is 6.39. The molecule has 0 bridgehead atoms. The lowest BCUT2D eigenvalue weighted by molar-refractivity contribution is 0.102. The van der Waals surface area contributed by atoms with Crippen LogP contribution in [0.5, 0.6) is 23.0 Å². The Morgan fingerprint density at radius 3 is 2.31 bits per heavy atom. The van der Waals surface area contributed by atoms with Gasteiger partial charge in [-0.3, -0.25) is 4.79 Å². The third kappa shape index (κ3) is 5.22. The van der Waals surface area contributed by atoms with Gasteiger partial charge in [0.2, 0.25) is 0 Å². The topological polar surface area (TPSA) is 80.0 Å². The van der Waals surface area contributed by atoms with E-state index in [1.165, 1.54) is 14.2 Å². The quantitative estimate of drug-likeness (QED) is 0.352. The van der Waals surface area contributed by atoms with Gasteiger partial charge in [0.1, 0.15) is 11.5 Å². The average Bonchev–Trinajstić information content (AvgIpc) is 2.73. The zero-order valence-electron chi connectivity index (χ0n) is 17.7. The number of benzene rings is 2. The van der Waals surface area contributed by atoms with Gasteiger partial charge in [0.25, 0.3) is 0 Å². The van der Waals surface area contributed by atoms with Crippen molar-refractivity contribution >= 4 is 17.5 Å². The predicted octanol–water partition coefficient (Wildman–Crippen LogP) is 4.76. The lowest BCUT2D eigenvalue weighted by Gasteiger charge is -2.15. The summed E-state index contributed by atoms with van der Waals surface area (Å²) >= 11 is 0. The van der Waals surface area contributed by atoms with E-state index in [-0.39, 0.29) is 5.78 Å². The highest BCUT2D eigenvalue weighted by atomic mass is 16.5. The van der Waals surface area contributed by atoms with Crippen molar-refractivity contribution in [2.24, 2.45) is 0 Å². The molecule has 6 nitrogen and oxygen atoms in total. The Kier molecular flexibility index (Phi) is 7.95. The van der Waals surface area contributed by atoms with Crippen LogP contribution in [0.1, 0.15) is 42.6 Å². The van der Waals surface area contributed by atoms with E-state index in [9.17, 15) is 4.79 Å². The van der Waals surface area contributed by atoms with E-state index in [4.69, 9.17) is 24.7 Å². The predicted molar refractivity (Wildman–Crippen MR) is 115 cm³/mol. The summed E-state index contributed by atoms with van der Waals surface area (Å²) in [5.41, 5.74) is 8.47. The molecule has 0 radical (unpaired) electrons. The van der Waals surface area contributed by atoms with Crippen molar-refractivity contribution in [2.75, 3.05) is 33.7 Å². The Balaban J connectivity index is 2.52. The zero-order chi connectivity index (χ0) is 21.4. The van der Waals surface area contributed by atoms with Crippen LogP contribution in [0.2, 0.25) is 0 Å². The number of ether oxygens (including phenoxy) is 4. The number of carbonyl (C=O) groups excluding carboxylic acids is 1. The highest BCUT2D eigenvalue weighted by Gasteiger charge is 2.22. The summed E-state index contributed by atoms with van der Waals surface area (Å²) in [6, 6.07) is 8.85. The van der Waals surface area contributed by atoms with Gasteiger partial charge in [0.05, 0.1) is 39.2 Å². The zero-order valence-corrected chi connectivity index (χ0v) is 17.7. The molecule has 0 saturated heterocycles. The summed E-state index contributed by atoms with van der Waals surface area (Å²) < 4.78 is 21.6. The lowest BCUT2D eigenvalue weighted by atomic mass is 9.96. The summed E-state index contributed by atoms with van der Waals surface area (Å²) in [7, 11) is 4.58. The highest BCUT2D eigenvalue weighted by molar-refractivity contribution is 6.13. The first kappa shape index (κ1) is 22.1. The molecule has 0 fully saturated rings. The minimum absolute atomic E-state index is 0.145. The molecule has 0 unspecified atom stereocenters. The molecule has 29 heavy (non-hydrogen) atoms. The molecule has 0 atom stereocenters. The van der Waals surface area contributed by atoms with Gasteiger partial charge in [-0.1, -0.05) is 19.4 Å². The SMILES string of the molecule is CCCC(=Cc1ccc(OCC)c(N)c1)C(=O)c1cc(OC)cc(OC)c1OC. The van der Waals surface area contributed by atoms with Gasteiger partial charge in [-0.25, -0.2) is 0 Å². The number of carbonyl (C=O) groups is 1. The number of hydrogen-bond donors (Lipinski definition) is 1. The Labute approximate surface area is 172 Å². The van der Waals surface area contributed by atoms with Gasteiger partial charge in [-0.15, -0.1) is 0 Å². The molecule has 0 amide bonds. The molecule has 0 aliphatic carbocycles. The maximum Gasteiger partial charge on any atom is 0.193 e. The summed E-state index contributed by atoms with van der Waals surface area (Å²) in [5, 5.41) is 0. The van der Waals surface area contributed by atoms with Gasteiger partial charge in [-0.2, -0.15) is 0 Å². The van der Waals surface area contributed by atoms with Crippen molar-refractivity contribution in [3.8, 4) is 23.0 Å². The van der Waals surface area contributed by atoms with Crippen LogP contribution in [0.25, 0.3) is 6.08 Å². The monoisotopic (exact) mass is 399 g/mol. The standard InChI is InChI=1S/C23H29NO5/c1-6-8-16(11-15-9-10-20(29-7-2)19(24)12-15)22(25)18-13-17(26-3)14-21(27-4)23(18)28-5/h9-14H,6-8,24H2,1-5H3. The van der Waals surface area contributed by atoms with E-state index in [1.54, 1.807) is 25.3 Å². The number of nitrogen functional groups attached to an aromatic ring is 1. The van der Waals surface area contributed by atoms with Gasteiger partial charge in [0.15, 0.2) is 17.3 Å². The average molecular weight is 399 g/mol. The summed E-state index contributed by atoms with van der Waals surface area (Å²) in [6.07, 6.45) is 3.27. The molecular formula is C23H29NO5. The van der Waals surface area contributed by atoms with Gasteiger partial charge in [-0.05, 0) is 43.2 Å². The Hall–Kier alpha value is -3.15. The first-order valence-corrected chi connectivity index (χ1v) is 9.56. The lowest BCUT2D eigenvalue weighted by Crippen LogP contribution is -2.08. The molecule has 156 valence electrons.